The maximum absolute atomic E-state index is 6.00. The molecule has 0 spiro atoms. The van der Waals surface area contributed by atoms with Crippen molar-refractivity contribution in [3.05, 3.63) is 28.7 Å². The lowest BCUT2D eigenvalue weighted by atomic mass is 9.95. The van der Waals surface area contributed by atoms with Crippen LogP contribution >= 0.6 is 15.9 Å². The van der Waals surface area contributed by atoms with Gasteiger partial charge < -0.3 is 4.74 Å². The molecule has 1 heterocycles. The first-order valence-corrected chi connectivity index (χ1v) is 8.48. The molecule has 1 aliphatic heterocycles. The van der Waals surface area contributed by atoms with Crippen molar-refractivity contribution < 1.29 is 4.74 Å². The molecular weight excluding hydrogens is 314 g/mol. The molecule has 0 N–H and O–H groups in total. The number of piperidine rings is 1. The summed E-state index contributed by atoms with van der Waals surface area (Å²) in [7, 11) is 0. The van der Waals surface area contributed by atoms with E-state index in [9.17, 15) is 0 Å². The zero-order valence-corrected chi connectivity index (χ0v) is 14.4. The Morgan fingerprint density at radius 3 is 2.35 bits per heavy atom. The number of hydrogen-bond acceptors (Lipinski definition) is 2. The maximum Gasteiger partial charge on any atom is 0.119 e. The predicted molar refractivity (Wildman–Crippen MR) is 88.2 cm³/mol. The van der Waals surface area contributed by atoms with Crippen molar-refractivity contribution in [1.29, 1.82) is 0 Å². The van der Waals surface area contributed by atoms with Crippen LogP contribution in [0.3, 0.4) is 0 Å². The van der Waals surface area contributed by atoms with E-state index in [2.05, 4.69) is 41.6 Å². The molecule has 0 aromatic heterocycles. The van der Waals surface area contributed by atoms with Crippen LogP contribution in [0.4, 0.5) is 0 Å². The first kappa shape index (κ1) is 15.8. The lowest BCUT2D eigenvalue weighted by Crippen LogP contribution is -2.46. The molecule has 2 nitrogen and oxygen atoms in total. The minimum absolute atomic E-state index is 0.520. The van der Waals surface area contributed by atoms with Crippen molar-refractivity contribution >= 4 is 15.9 Å². The fourth-order valence-electron chi connectivity index (χ4n) is 2.79. The second-order valence-corrected chi connectivity index (χ2v) is 7.21. The lowest BCUT2D eigenvalue weighted by molar-refractivity contribution is 0.0712. The van der Waals surface area contributed by atoms with Crippen LogP contribution in [-0.2, 0) is 0 Å². The molecule has 1 aromatic carbocycles. The predicted octanol–water partition coefficient (Wildman–Crippen LogP) is 4.58. The van der Waals surface area contributed by atoms with Crippen molar-refractivity contribution in [3.63, 3.8) is 0 Å². The highest BCUT2D eigenvalue weighted by molar-refractivity contribution is 9.10. The zero-order valence-electron chi connectivity index (χ0n) is 12.8. The quantitative estimate of drug-likeness (QED) is 0.778. The Hall–Kier alpha value is -0.540. The maximum atomic E-state index is 6.00. The van der Waals surface area contributed by atoms with Crippen molar-refractivity contribution in [2.24, 2.45) is 11.8 Å². The Morgan fingerprint density at radius 2 is 1.80 bits per heavy atom. The lowest BCUT2D eigenvalue weighted by Gasteiger charge is -2.38. The molecule has 20 heavy (non-hydrogen) atoms. The third kappa shape index (κ3) is 4.49. The number of likely N-dealkylation sites (tertiary alicyclic amines) is 1. The molecule has 112 valence electrons. The van der Waals surface area contributed by atoms with Crippen LogP contribution in [0.5, 0.6) is 5.75 Å². The molecule has 1 saturated heterocycles. The van der Waals surface area contributed by atoms with Crippen LogP contribution in [-0.4, -0.2) is 30.6 Å². The second kappa shape index (κ2) is 7.46. The first-order chi connectivity index (χ1) is 9.56. The van der Waals surface area contributed by atoms with Gasteiger partial charge in [0.15, 0.2) is 0 Å². The van der Waals surface area contributed by atoms with Crippen LogP contribution < -0.4 is 4.74 Å². The average Bonchev–Trinajstić information content (AvgIpc) is 2.43. The fourth-order valence-corrected chi connectivity index (χ4v) is 3.06. The molecule has 0 amide bonds. The standard InChI is InChI=1S/C17H26BrNO/c1-13(2)17(19-10-8-14(3)9-11-19)12-20-16-6-4-15(18)5-7-16/h4-7,13-14,17H,8-12H2,1-3H3. The Morgan fingerprint density at radius 1 is 1.20 bits per heavy atom. The van der Waals surface area contributed by atoms with Gasteiger partial charge >= 0.3 is 0 Å². The van der Waals surface area contributed by atoms with E-state index in [1.54, 1.807) is 0 Å². The molecular formula is C17H26BrNO. The molecule has 0 saturated carbocycles. The monoisotopic (exact) mass is 339 g/mol. The molecule has 1 aromatic rings. The second-order valence-electron chi connectivity index (χ2n) is 6.29. The Labute approximate surface area is 131 Å². The number of benzene rings is 1. The van der Waals surface area contributed by atoms with E-state index in [-0.39, 0.29) is 0 Å². The normalized spacial score (nSPS) is 19.2. The Kier molecular flexibility index (Phi) is 5.91. The summed E-state index contributed by atoms with van der Waals surface area (Å²) >= 11 is 3.45. The fraction of sp³-hybridized carbons (Fsp3) is 0.647. The smallest absolute Gasteiger partial charge is 0.119 e. The molecule has 1 fully saturated rings. The van der Waals surface area contributed by atoms with Gasteiger partial charge in [0.05, 0.1) is 0 Å². The van der Waals surface area contributed by atoms with E-state index in [0.717, 1.165) is 22.7 Å². The van der Waals surface area contributed by atoms with Gasteiger partial charge in [-0.1, -0.05) is 36.7 Å². The minimum atomic E-state index is 0.520. The number of hydrogen-bond donors (Lipinski definition) is 0. The summed E-state index contributed by atoms with van der Waals surface area (Å²) in [4.78, 5) is 2.61. The molecule has 1 atom stereocenters. The summed E-state index contributed by atoms with van der Waals surface area (Å²) in [6.07, 6.45) is 2.64. The van der Waals surface area contributed by atoms with Gasteiger partial charge in [-0.3, -0.25) is 4.90 Å². The van der Waals surface area contributed by atoms with Gasteiger partial charge in [0.2, 0.25) is 0 Å². The first-order valence-electron chi connectivity index (χ1n) is 7.68. The molecule has 0 radical (unpaired) electrons. The van der Waals surface area contributed by atoms with Crippen molar-refractivity contribution in [2.75, 3.05) is 19.7 Å². The van der Waals surface area contributed by atoms with Gasteiger partial charge in [-0.15, -0.1) is 0 Å². The topological polar surface area (TPSA) is 12.5 Å². The van der Waals surface area contributed by atoms with E-state index < -0.39 is 0 Å². The summed E-state index contributed by atoms with van der Waals surface area (Å²) in [5.74, 6) is 2.47. The van der Waals surface area contributed by atoms with Crippen LogP contribution in [0.15, 0.2) is 28.7 Å². The third-order valence-corrected chi connectivity index (χ3v) is 4.82. The van der Waals surface area contributed by atoms with E-state index in [4.69, 9.17) is 4.74 Å². The SMILES string of the molecule is CC1CCN(C(COc2ccc(Br)cc2)C(C)C)CC1. The summed E-state index contributed by atoms with van der Waals surface area (Å²) in [6, 6.07) is 8.63. The van der Waals surface area contributed by atoms with Crippen LogP contribution in [0.1, 0.15) is 33.6 Å². The average molecular weight is 340 g/mol. The highest BCUT2D eigenvalue weighted by Gasteiger charge is 2.26. The van der Waals surface area contributed by atoms with Gasteiger partial charge in [0.1, 0.15) is 12.4 Å². The van der Waals surface area contributed by atoms with Gasteiger partial charge in [-0.05, 0) is 62.0 Å². The van der Waals surface area contributed by atoms with E-state index >= 15 is 0 Å². The van der Waals surface area contributed by atoms with E-state index in [1.165, 1.54) is 25.9 Å². The van der Waals surface area contributed by atoms with E-state index in [0.29, 0.717) is 12.0 Å². The molecule has 0 bridgehead atoms. The largest absolute Gasteiger partial charge is 0.492 e. The molecule has 3 heteroatoms. The Balaban J connectivity index is 1.90. The van der Waals surface area contributed by atoms with Crippen molar-refractivity contribution in [3.8, 4) is 5.75 Å². The number of nitrogens with zero attached hydrogens (tertiary/aromatic N) is 1. The van der Waals surface area contributed by atoms with Gasteiger partial charge in [0, 0.05) is 10.5 Å². The molecule has 1 unspecified atom stereocenters. The van der Waals surface area contributed by atoms with Gasteiger partial charge in [-0.2, -0.15) is 0 Å². The number of ether oxygens (including phenoxy) is 1. The van der Waals surface area contributed by atoms with Crippen LogP contribution in [0, 0.1) is 11.8 Å². The molecule has 0 aliphatic carbocycles. The highest BCUT2D eigenvalue weighted by Crippen LogP contribution is 2.23. The summed E-state index contributed by atoms with van der Waals surface area (Å²) in [6.45, 7) is 10.2. The van der Waals surface area contributed by atoms with Crippen molar-refractivity contribution in [2.45, 2.75) is 39.7 Å². The van der Waals surface area contributed by atoms with Gasteiger partial charge in [-0.25, -0.2) is 0 Å². The number of rotatable bonds is 5. The third-order valence-electron chi connectivity index (χ3n) is 4.29. The zero-order chi connectivity index (χ0) is 14.5. The van der Waals surface area contributed by atoms with Gasteiger partial charge in [0.25, 0.3) is 0 Å². The van der Waals surface area contributed by atoms with Crippen LogP contribution in [0.2, 0.25) is 0 Å². The summed E-state index contributed by atoms with van der Waals surface area (Å²) in [5.41, 5.74) is 0. The summed E-state index contributed by atoms with van der Waals surface area (Å²) < 4.78 is 7.09. The van der Waals surface area contributed by atoms with E-state index in [1.807, 2.05) is 24.3 Å². The number of halogens is 1. The molecule has 1 aliphatic rings. The van der Waals surface area contributed by atoms with Crippen LogP contribution in [0.25, 0.3) is 0 Å². The van der Waals surface area contributed by atoms with Crippen molar-refractivity contribution in [1.82, 2.24) is 4.90 Å². The minimum Gasteiger partial charge on any atom is -0.492 e. The highest BCUT2D eigenvalue weighted by atomic mass is 79.9. The summed E-state index contributed by atoms with van der Waals surface area (Å²) in [5, 5.41) is 0. The molecule has 2 rings (SSSR count). The Bertz CT molecular complexity index is 396.